The van der Waals surface area contributed by atoms with Crippen LogP contribution in [0.1, 0.15) is 36.1 Å². The molecule has 146 valence electrons. The number of hydrogen-bond donors (Lipinski definition) is 0. The molecule has 4 rings (SSSR count). The summed E-state index contributed by atoms with van der Waals surface area (Å²) < 4.78 is 2.19. The van der Waals surface area contributed by atoms with Crippen molar-refractivity contribution in [2.45, 2.75) is 32.2 Å². The number of carbonyl (C=O) groups excluding carboxylic acids is 1. The molecule has 2 aromatic carbocycles. The van der Waals surface area contributed by atoms with E-state index in [4.69, 9.17) is 5.26 Å². The molecule has 0 bridgehead atoms. The zero-order valence-corrected chi connectivity index (χ0v) is 16.4. The quantitative estimate of drug-likeness (QED) is 0.640. The standard InChI is InChI=1S/C24H24N4O/c25-16-21-8-6-19(7-9-21)14-23-17-26-18-27(23)12-10-20-11-13-28(24(29)15-20)22-4-2-1-3-5-22/h1-9,17-18,20H,10-15H2. The van der Waals surface area contributed by atoms with Gasteiger partial charge in [-0.3, -0.25) is 4.79 Å². The van der Waals surface area contributed by atoms with Gasteiger partial charge in [-0.05, 0) is 48.6 Å². The van der Waals surface area contributed by atoms with Crippen molar-refractivity contribution < 1.29 is 4.79 Å². The number of nitrogens with zero attached hydrogens (tertiary/aromatic N) is 4. The molecule has 0 N–H and O–H groups in total. The van der Waals surface area contributed by atoms with Crippen molar-refractivity contribution in [2.24, 2.45) is 5.92 Å². The predicted octanol–water partition coefficient (Wildman–Crippen LogP) is 4.18. The molecule has 0 spiro atoms. The summed E-state index contributed by atoms with van der Waals surface area (Å²) in [4.78, 5) is 18.8. The molecule has 5 heteroatoms. The largest absolute Gasteiger partial charge is 0.334 e. The molecule has 1 aliphatic rings. The van der Waals surface area contributed by atoms with E-state index in [1.165, 1.54) is 0 Å². The lowest BCUT2D eigenvalue weighted by Crippen LogP contribution is -2.39. The van der Waals surface area contributed by atoms with Gasteiger partial charge >= 0.3 is 0 Å². The average molecular weight is 384 g/mol. The number of benzene rings is 2. The minimum Gasteiger partial charge on any atom is -0.334 e. The van der Waals surface area contributed by atoms with Crippen molar-refractivity contribution in [3.8, 4) is 6.07 Å². The molecule has 0 aliphatic carbocycles. The van der Waals surface area contributed by atoms with E-state index < -0.39 is 0 Å². The van der Waals surface area contributed by atoms with E-state index in [0.29, 0.717) is 17.9 Å². The molecule has 1 aromatic heterocycles. The first-order valence-corrected chi connectivity index (χ1v) is 10.1. The van der Waals surface area contributed by atoms with Crippen LogP contribution in [0, 0.1) is 17.2 Å². The van der Waals surface area contributed by atoms with Crippen LogP contribution in [0.15, 0.2) is 67.1 Å². The van der Waals surface area contributed by atoms with E-state index in [0.717, 1.165) is 49.3 Å². The average Bonchev–Trinajstić information content (AvgIpc) is 3.20. The molecule has 1 aliphatic heterocycles. The van der Waals surface area contributed by atoms with E-state index in [1.807, 2.05) is 72.0 Å². The molecular formula is C24H24N4O. The summed E-state index contributed by atoms with van der Waals surface area (Å²) in [5, 5.41) is 8.93. The second-order valence-electron chi connectivity index (χ2n) is 7.59. The Morgan fingerprint density at radius 2 is 1.90 bits per heavy atom. The Morgan fingerprint density at radius 1 is 1.10 bits per heavy atom. The molecule has 3 aromatic rings. The number of aromatic nitrogens is 2. The number of rotatable bonds is 6. The van der Waals surface area contributed by atoms with E-state index in [9.17, 15) is 4.79 Å². The number of aryl methyl sites for hydroxylation is 1. The number of anilines is 1. The van der Waals surface area contributed by atoms with Crippen LogP contribution in [0.2, 0.25) is 0 Å². The van der Waals surface area contributed by atoms with Gasteiger partial charge in [-0.15, -0.1) is 0 Å². The summed E-state index contributed by atoms with van der Waals surface area (Å²) in [5.74, 6) is 0.628. The number of hydrogen-bond acceptors (Lipinski definition) is 3. The zero-order chi connectivity index (χ0) is 20.1. The summed E-state index contributed by atoms with van der Waals surface area (Å²) in [6, 6.07) is 19.8. The molecule has 0 saturated carbocycles. The maximum absolute atomic E-state index is 12.6. The summed E-state index contributed by atoms with van der Waals surface area (Å²) in [7, 11) is 0. The van der Waals surface area contributed by atoms with Crippen LogP contribution in [0.25, 0.3) is 0 Å². The van der Waals surface area contributed by atoms with Crippen LogP contribution in [-0.4, -0.2) is 22.0 Å². The summed E-state index contributed by atoms with van der Waals surface area (Å²) in [6.45, 7) is 1.66. The monoisotopic (exact) mass is 384 g/mol. The van der Waals surface area contributed by atoms with Gasteiger partial charge in [-0.2, -0.15) is 5.26 Å². The first kappa shape index (κ1) is 18.9. The Bertz CT molecular complexity index is 1000. The third kappa shape index (κ3) is 4.55. The van der Waals surface area contributed by atoms with Crippen molar-refractivity contribution in [1.29, 1.82) is 5.26 Å². The Hall–Kier alpha value is -3.39. The fourth-order valence-corrected chi connectivity index (χ4v) is 3.95. The Morgan fingerprint density at radius 3 is 2.62 bits per heavy atom. The van der Waals surface area contributed by atoms with Crippen LogP contribution in [-0.2, 0) is 17.8 Å². The third-order valence-corrected chi connectivity index (χ3v) is 5.64. The van der Waals surface area contributed by atoms with E-state index in [1.54, 1.807) is 0 Å². The Labute approximate surface area is 171 Å². The molecule has 2 heterocycles. The molecule has 1 fully saturated rings. The van der Waals surface area contributed by atoms with Crippen LogP contribution in [0.4, 0.5) is 5.69 Å². The van der Waals surface area contributed by atoms with Crippen LogP contribution >= 0.6 is 0 Å². The number of para-hydroxylation sites is 1. The highest BCUT2D eigenvalue weighted by atomic mass is 16.2. The first-order chi connectivity index (χ1) is 14.2. The smallest absolute Gasteiger partial charge is 0.227 e. The zero-order valence-electron chi connectivity index (χ0n) is 16.4. The van der Waals surface area contributed by atoms with Gasteiger partial charge in [0.25, 0.3) is 0 Å². The number of carbonyl (C=O) groups is 1. The number of amides is 1. The van der Waals surface area contributed by atoms with E-state index >= 15 is 0 Å². The van der Waals surface area contributed by atoms with E-state index in [-0.39, 0.29) is 5.91 Å². The maximum atomic E-state index is 12.6. The minimum absolute atomic E-state index is 0.218. The highest BCUT2D eigenvalue weighted by Gasteiger charge is 2.26. The topological polar surface area (TPSA) is 61.9 Å². The lowest BCUT2D eigenvalue weighted by Gasteiger charge is -2.32. The highest BCUT2D eigenvalue weighted by molar-refractivity contribution is 5.94. The van der Waals surface area contributed by atoms with E-state index in [2.05, 4.69) is 15.6 Å². The lowest BCUT2D eigenvalue weighted by molar-refractivity contribution is -0.120. The highest BCUT2D eigenvalue weighted by Crippen LogP contribution is 2.26. The molecule has 1 atom stereocenters. The summed E-state index contributed by atoms with van der Waals surface area (Å²) in [5.41, 5.74) is 3.99. The lowest BCUT2D eigenvalue weighted by atomic mass is 9.92. The molecule has 1 amide bonds. The molecule has 5 nitrogen and oxygen atoms in total. The predicted molar refractivity (Wildman–Crippen MR) is 112 cm³/mol. The van der Waals surface area contributed by atoms with Gasteiger partial charge in [0.05, 0.1) is 18.0 Å². The minimum atomic E-state index is 0.218. The van der Waals surface area contributed by atoms with Crippen molar-refractivity contribution in [3.63, 3.8) is 0 Å². The van der Waals surface area contributed by atoms with Gasteiger partial charge in [0.2, 0.25) is 5.91 Å². The fraction of sp³-hybridized carbons (Fsp3) is 0.292. The van der Waals surface area contributed by atoms with Crippen molar-refractivity contribution in [1.82, 2.24) is 9.55 Å². The molecular weight excluding hydrogens is 360 g/mol. The number of piperidine rings is 1. The van der Waals surface area contributed by atoms with Gasteiger partial charge in [0.15, 0.2) is 0 Å². The van der Waals surface area contributed by atoms with Crippen molar-refractivity contribution in [3.05, 3.63) is 83.9 Å². The van der Waals surface area contributed by atoms with Gasteiger partial charge in [-0.25, -0.2) is 4.98 Å². The first-order valence-electron chi connectivity index (χ1n) is 10.1. The van der Waals surface area contributed by atoms with Gasteiger partial charge < -0.3 is 9.47 Å². The van der Waals surface area contributed by atoms with Crippen LogP contribution in [0.5, 0.6) is 0 Å². The van der Waals surface area contributed by atoms with Gasteiger partial charge in [0, 0.05) is 43.5 Å². The van der Waals surface area contributed by atoms with Gasteiger partial charge in [-0.1, -0.05) is 30.3 Å². The maximum Gasteiger partial charge on any atom is 0.227 e. The molecule has 1 unspecified atom stereocenters. The second kappa shape index (κ2) is 8.74. The summed E-state index contributed by atoms with van der Waals surface area (Å²) >= 11 is 0. The fourth-order valence-electron chi connectivity index (χ4n) is 3.95. The van der Waals surface area contributed by atoms with Crippen LogP contribution < -0.4 is 4.90 Å². The molecule has 0 radical (unpaired) electrons. The van der Waals surface area contributed by atoms with Gasteiger partial charge in [0.1, 0.15) is 0 Å². The van der Waals surface area contributed by atoms with Crippen molar-refractivity contribution in [2.75, 3.05) is 11.4 Å². The Balaban J connectivity index is 1.33. The SMILES string of the molecule is N#Cc1ccc(Cc2cncn2CCC2CCN(c3ccccc3)C(=O)C2)cc1. The summed E-state index contributed by atoms with van der Waals surface area (Å²) in [6.07, 6.45) is 7.18. The third-order valence-electron chi connectivity index (χ3n) is 5.64. The normalized spacial score (nSPS) is 16.6. The molecule has 1 saturated heterocycles. The number of imidazole rings is 1. The number of nitriles is 1. The van der Waals surface area contributed by atoms with Crippen molar-refractivity contribution >= 4 is 11.6 Å². The Kier molecular flexibility index (Phi) is 5.71. The van der Waals surface area contributed by atoms with Crippen LogP contribution in [0.3, 0.4) is 0 Å². The second-order valence-corrected chi connectivity index (χ2v) is 7.59. The molecule has 29 heavy (non-hydrogen) atoms.